The van der Waals surface area contributed by atoms with Gasteiger partial charge in [-0.2, -0.15) is 5.10 Å². The van der Waals surface area contributed by atoms with E-state index >= 15 is 0 Å². The molecule has 1 spiro atoms. The summed E-state index contributed by atoms with van der Waals surface area (Å²) >= 11 is 0. The second-order valence-electron chi connectivity index (χ2n) is 6.54. The number of nitrogens with one attached hydrogen (secondary N) is 1. The molecule has 4 heteroatoms. The Morgan fingerprint density at radius 1 is 1.14 bits per heavy atom. The van der Waals surface area contributed by atoms with Crippen LogP contribution in [-0.2, 0) is 0 Å². The van der Waals surface area contributed by atoms with Crippen LogP contribution in [0.1, 0.15) is 62.3 Å². The van der Waals surface area contributed by atoms with Crippen LogP contribution >= 0.6 is 0 Å². The average molecular weight is 285 g/mol. The second-order valence-corrected chi connectivity index (χ2v) is 6.54. The number of nitrogens with two attached hydrogens (primary N) is 1. The largest absolute Gasteiger partial charge is 0.328 e. The van der Waals surface area contributed by atoms with E-state index in [1.807, 2.05) is 38.2 Å². The molecule has 1 aromatic heterocycles. The Labute approximate surface area is 125 Å². The van der Waals surface area contributed by atoms with Crippen LogP contribution < -0.4 is 11.3 Å². The van der Waals surface area contributed by atoms with Gasteiger partial charge in [0.1, 0.15) is 0 Å². The summed E-state index contributed by atoms with van der Waals surface area (Å²) in [6.45, 7) is 3.89. The molecule has 1 heterocycles. The smallest absolute Gasteiger partial charge is 0.272 e. The van der Waals surface area contributed by atoms with Crippen molar-refractivity contribution < 1.29 is 0 Å². The standard InChI is InChI=1S/C17H23N3O/c1-3-5-13-14(6-4-2)16(21)20-19-15(13)11-7-17(8-11)9-12(18)10-17/h3-6,11-12H,7-10,18H2,1-2H3,(H,20,21)/b5-3-,6-4-. The summed E-state index contributed by atoms with van der Waals surface area (Å²) in [6.07, 6.45) is 12.3. The SMILES string of the molecule is C/C=C\c1c(C2CC3(CC(N)C3)C2)n[nH]c(=O)c1/C=C\C. The normalized spacial score (nSPS) is 31.8. The maximum absolute atomic E-state index is 12.0. The molecule has 3 rings (SSSR count). The highest BCUT2D eigenvalue weighted by atomic mass is 16.1. The highest BCUT2D eigenvalue weighted by Crippen LogP contribution is 2.61. The molecule has 0 atom stereocenters. The van der Waals surface area contributed by atoms with E-state index in [0.29, 0.717) is 22.9 Å². The van der Waals surface area contributed by atoms with E-state index in [1.165, 1.54) is 0 Å². The zero-order chi connectivity index (χ0) is 15.0. The van der Waals surface area contributed by atoms with E-state index in [-0.39, 0.29) is 5.56 Å². The van der Waals surface area contributed by atoms with Crippen LogP contribution in [0.4, 0.5) is 0 Å². The van der Waals surface area contributed by atoms with Gasteiger partial charge in [0, 0.05) is 23.1 Å². The fraction of sp³-hybridized carbons (Fsp3) is 0.529. The van der Waals surface area contributed by atoms with Gasteiger partial charge in [0.2, 0.25) is 0 Å². The van der Waals surface area contributed by atoms with Crippen LogP contribution in [0.2, 0.25) is 0 Å². The Kier molecular flexibility index (Phi) is 3.57. The first kappa shape index (κ1) is 14.3. The molecule has 2 aliphatic rings. The van der Waals surface area contributed by atoms with Gasteiger partial charge in [0.25, 0.3) is 5.56 Å². The summed E-state index contributed by atoms with van der Waals surface area (Å²) in [5, 5.41) is 7.01. The molecule has 0 aromatic carbocycles. The van der Waals surface area contributed by atoms with Gasteiger partial charge in [-0.1, -0.05) is 24.3 Å². The maximum Gasteiger partial charge on any atom is 0.272 e. The molecule has 0 radical (unpaired) electrons. The van der Waals surface area contributed by atoms with E-state index in [2.05, 4.69) is 10.2 Å². The first-order valence-corrected chi connectivity index (χ1v) is 7.72. The van der Waals surface area contributed by atoms with Gasteiger partial charge in [0.15, 0.2) is 0 Å². The molecule has 2 fully saturated rings. The molecular weight excluding hydrogens is 262 g/mol. The zero-order valence-corrected chi connectivity index (χ0v) is 12.7. The summed E-state index contributed by atoms with van der Waals surface area (Å²) in [7, 11) is 0. The van der Waals surface area contributed by atoms with E-state index in [9.17, 15) is 4.79 Å². The molecule has 0 amide bonds. The fourth-order valence-corrected chi connectivity index (χ4v) is 4.04. The molecule has 0 bridgehead atoms. The summed E-state index contributed by atoms with van der Waals surface area (Å²) in [6, 6.07) is 0.392. The number of H-pyrrole nitrogens is 1. The van der Waals surface area contributed by atoms with Crippen molar-refractivity contribution in [3.05, 3.63) is 39.3 Å². The third-order valence-corrected chi connectivity index (χ3v) is 4.89. The van der Waals surface area contributed by atoms with Crippen molar-refractivity contribution in [1.82, 2.24) is 10.2 Å². The van der Waals surface area contributed by atoms with Crippen molar-refractivity contribution in [3.8, 4) is 0 Å². The van der Waals surface area contributed by atoms with Crippen LogP contribution in [-0.4, -0.2) is 16.2 Å². The van der Waals surface area contributed by atoms with E-state index in [4.69, 9.17) is 5.73 Å². The lowest BCUT2D eigenvalue weighted by molar-refractivity contribution is -0.00977. The monoisotopic (exact) mass is 285 g/mol. The summed E-state index contributed by atoms with van der Waals surface area (Å²) in [5.41, 5.74) is 9.00. The van der Waals surface area contributed by atoms with Gasteiger partial charge in [0.05, 0.1) is 5.69 Å². The minimum absolute atomic E-state index is 0.121. The Morgan fingerprint density at radius 2 is 1.76 bits per heavy atom. The molecule has 0 aliphatic heterocycles. The number of hydrogen-bond acceptors (Lipinski definition) is 3. The maximum atomic E-state index is 12.0. The first-order chi connectivity index (χ1) is 10.1. The minimum atomic E-state index is -0.121. The number of aromatic nitrogens is 2. The lowest BCUT2D eigenvalue weighted by Gasteiger charge is -2.57. The first-order valence-electron chi connectivity index (χ1n) is 7.72. The van der Waals surface area contributed by atoms with E-state index in [0.717, 1.165) is 36.9 Å². The predicted octanol–water partition coefficient (Wildman–Crippen LogP) is 2.82. The minimum Gasteiger partial charge on any atom is -0.328 e. The van der Waals surface area contributed by atoms with E-state index in [1.54, 1.807) is 0 Å². The van der Waals surface area contributed by atoms with E-state index < -0.39 is 0 Å². The predicted molar refractivity (Wildman–Crippen MR) is 85.9 cm³/mol. The molecule has 0 unspecified atom stereocenters. The molecule has 0 saturated heterocycles. The van der Waals surface area contributed by atoms with Crippen LogP contribution in [0.15, 0.2) is 16.9 Å². The highest BCUT2D eigenvalue weighted by Gasteiger charge is 2.52. The topological polar surface area (TPSA) is 71.8 Å². The van der Waals surface area contributed by atoms with Crippen molar-refractivity contribution >= 4 is 12.2 Å². The Morgan fingerprint density at radius 3 is 2.33 bits per heavy atom. The van der Waals surface area contributed by atoms with Gasteiger partial charge >= 0.3 is 0 Å². The van der Waals surface area contributed by atoms with Crippen molar-refractivity contribution in [3.63, 3.8) is 0 Å². The van der Waals surface area contributed by atoms with Crippen molar-refractivity contribution in [2.24, 2.45) is 11.1 Å². The fourth-order valence-electron chi connectivity index (χ4n) is 4.04. The Balaban J connectivity index is 1.92. The van der Waals surface area contributed by atoms with Crippen LogP contribution in [0.3, 0.4) is 0 Å². The molecule has 4 nitrogen and oxygen atoms in total. The van der Waals surface area contributed by atoms with Crippen LogP contribution in [0.25, 0.3) is 12.2 Å². The van der Waals surface area contributed by atoms with Gasteiger partial charge in [-0.15, -0.1) is 0 Å². The number of aromatic amines is 1. The lowest BCUT2D eigenvalue weighted by atomic mass is 9.49. The molecule has 3 N–H and O–H groups in total. The Bertz CT molecular complexity index is 642. The number of rotatable bonds is 3. The zero-order valence-electron chi connectivity index (χ0n) is 12.7. The second kappa shape index (κ2) is 5.26. The number of allylic oxidation sites excluding steroid dienone is 2. The molecule has 2 saturated carbocycles. The lowest BCUT2D eigenvalue weighted by Crippen LogP contribution is -2.52. The van der Waals surface area contributed by atoms with Gasteiger partial charge in [-0.25, -0.2) is 5.10 Å². The Hall–Kier alpha value is -1.68. The number of nitrogens with zero attached hydrogens (tertiary/aromatic N) is 1. The van der Waals surface area contributed by atoms with Crippen molar-refractivity contribution in [2.45, 2.75) is 51.5 Å². The molecule has 112 valence electrons. The van der Waals surface area contributed by atoms with Crippen LogP contribution in [0.5, 0.6) is 0 Å². The van der Waals surface area contributed by atoms with Crippen molar-refractivity contribution in [2.75, 3.05) is 0 Å². The molecule has 1 aromatic rings. The van der Waals surface area contributed by atoms with Gasteiger partial charge in [-0.05, 0) is 44.9 Å². The average Bonchev–Trinajstić information content (AvgIpc) is 2.37. The number of hydrogen-bond donors (Lipinski definition) is 2. The molecule has 21 heavy (non-hydrogen) atoms. The van der Waals surface area contributed by atoms with Gasteiger partial charge in [-0.3, -0.25) is 4.79 Å². The summed E-state index contributed by atoms with van der Waals surface area (Å²) in [4.78, 5) is 12.0. The summed E-state index contributed by atoms with van der Waals surface area (Å²) < 4.78 is 0. The highest BCUT2D eigenvalue weighted by molar-refractivity contribution is 5.66. The molecular formula is C17H23N3O. The third kappa shape index (κ3) is 2.38. The third-order valence-electron chi connectivity index (χ3n) is 4.89. The quantitative estimate of drug-likeness (QED) is 0.897. The molecule has 2 aliphatic carbocycles. The van der Waals surface area contributed by atoms with Gasteiger partial charge < -0.3 is 5.73 Å². The van der Waals surface area contributed by atoms with Crippen molar-refractivity contribution in [1.29, 1.82) is 0 Å². The summed E-state index contributed by atoms with van der Waals surface area (Å²) in [5.74, 6) is 0.449. The van der Waals surface area contributed by atoms with Crippen LogP contribution in [0, 0.1) is 5.41 Å².